The summed E-state index contributed by atoms with van der Waals surface area (Å²) in [5, 5.41) is 0. The van der Waals surface area contributed by atoms with E-state index >= 15 is 0 Å². The summed E-state index contributed by atoms with van der Waals surface area (Å²) in [7, 11) is -2.87. The van der Waals surface area contributed by atoms with Crippen LogP contribution in [0.4, 0.5) is 4.39 Å². The van der Waals surface area contributed by atoms with Crippen molar-refractivity contribution in [3.63, 3.8) is 0 Å². The standard InChI is InChI=1S/C13H16FNO5S/c1-19-13(16)11-3-2-10(14)6-12(11)21(17,18)15-7-9-4-5-20-8-9/h2-3,6,9,15H,4-5,7-8H2,1H3. The van der Waals surface area contributed by atoms with Gasteiger partial charge in [0.1, 0.15) is 5.82 Å². The third kappa shape index (κ3) is 3.78. The van der Waals surface area contributed by atoms with Crippen LogP contribution in [0.2, 0.25) is 0 Å². The summed E-state index contributed by atoms with van der Waals surface area (Å²) in [6, 6.07) is 2.91. The molecule has 1 heterocycles. The van der Waals surface area contributed by atoms with E-state index < -0.39 is 26.7 Å². The number of rotatable bonds is 5. The minimum absolute atomic E-state index is 0.0786. The van der Waals surface area contributed by atoms with Crippen LogP contribution in [0.5, 0.6) is 0 Å². The molecule has 8 heteroatoms. The van der Waals surface area contributed by atoms with Crippen LogP contribution in [0, 0.1) is 11.7 Å². The molecule has 1 N–H and O–H groups in total. The monoisotopic (exact) mass is 317 g/mol. The van der Waals surface area contributed by atoms with Crippen LogP contribution < -0.4 is 4.72 Å². The average molecular weight is 317 g/mol. The SMILES string of the molecule is COC(=O)c1ccc(F)cc1S(=O)(=O)NCC1CCOC1. The zero-order chi connectivity index (χ0) is 15.5. The normalized spacial score (nSPS) is 18.7. The van der Waals surface area contributed by atoms with Crippen LogP contribution in [0.3, 0.4) is 0 Å². The highest BCUT2D eigenvalue weighted by molar-refractivity contribution is 7.89. The molecule has 1 atom stereocenters. The van der Waals surface area contributed by atoms with Crippen molar-refractivity contribution in [1.82, 2.24) is 4.72 Å². The number of esters is 1. The molecule has 0 saturated carbocycles. The number of carbonyl (C=O) groups excluding carboxylic acids is 1. The molecular formula is C13H16FNO5S. The van der Waals surface area contributed by atoms with Crippen LogP contribution >= 0.6 is 0 Å². The van der Waals surface area contributed by atoms with Gasteiger partial charge in [0, 0.05) is 13.2 Å². The molecule has 0 aromatic heterocycles. The largest absolute Gasteiger partial charge is 0.465 e. The Morgan fingerprint density at radius 1 is 1.52 bits per heavy atom. The van der Waals surface area contributed by atoms with Crippen molar-refractivity contribution in [3.8, 4) is 0 Å². The van der Waals surface area contributed by atoms with Crippen molar-refractivity contribution >= 4 is 16.0 Å². The minimum atomic E-state index is -4.00. The fraction of sp³-hybridized carbons (Fsp3) is 0.462. The van der Waals surface area contributed by atoms with Crippen LogP contribution in [0.25, 0.3) is 0 Å². The summed E-state index contributed by atoms with van der Waals surface area (Å²) in [6.07, 6.45) is 0.759. The zero-order valence-corrected chi connectivity index (χ0v) is 12.3. The van der Waals surface area contributed by atoms with Crippen molar-refractivity contribution in [1.29, 1.82) is 0 Å². The summed E-state index contributed by atoms with van der Waals surface area (Å²) in [4.78, 5) is 11.2. The van der Waals surface area contributed by atoms with Gasteiger partial charge in [0.25, 0.3) is 0 Å². The Labute approximate surface area is 122 Å². The summed E-state index contributed by atoms with van der Waals surface area (Å²) in [5.74, 6) is -1.50. The first kappa shape index (κ1) is 15.9. The first-order valence-corrected chi connectivity index (χ1v) is 7.87. The second kappa shape index (κ2) is 6.50. The highest BCUT2D eigenvalue weighted by Gasteiger charge is 2.25. The molecule has 1 aromatic rings. The van der Waals surface area contributed by atoms with E-state index in [-0.39, 0.29) is 18.0 Å². The predicted molar refractivity (Wildman–Crippen MR) is 71.9 cm³/mol. The van der Waals surface area contributed by atoms with E-state index in [2.05, 4.69) is 9.46 Å². The van der Waals surface area contributed by atoms with Gasteiger partial charge in [-0.25, -0.2) is 22.3 Å². The maximum atomic E-state index is 13.3. The van der Waals surface area contributed by atoms with Crippen molar-refractivity contribution in [2.24, 2.45) is 5.92 Å². The van der Waals surface area contributed by atoms with Gasteiger partial charge in [-0.05, 0) is 30.5 Å². The maximum absolute atomic E-state index is 13.3. The van der Waals surface area contributed by atoms with Gasteiger partial charge < -0.3 is 9.47 Å². The first-order chi connectivity index (χ1) is 9.94. The molecule has 0 aliphatic carbocycles. The third-order valence-corrected chi connectivity index (χ3v) is 4.69. The quantitative estimate of drug-likeness (QED) is 0.817. The molecular weight excluding hydrogens is 301 g/mol. The summed E-state index contributed by atoms with van der Waals surface area (Å²) >= 11 is 0. The molecule has 1 saturated heterocycles. The number of halogens is 1. The minimum Gasteiger partial charge on any atom is -0.465 e. The van der Waals surface area contributed by atoms with Gasteiger partial charge in [0.2, 0.25) is 10.0 Å². The number of ether oxygens (including phenoxy) is 2. The number of hydrogen-bond donors (Lipinski definition) is 1. The predicted octanol–water partition coefficient (Wildman–Crippen LogP) is 0.927. The molecule has 116 valence electrons. The van der Waals surface area contributed by atoms with Crippen LogP contribution in [-0.4, -0.2) is 41.3 Å². The Morgan fingerprint density at radius 3 is 2.90 bits per heavy atom. The van der Waals surface area contributed by atoms with E-state index in [1.807, 2.05) is 0 Å². The Balaban J connectivity index is 2.25. The van der Waals surface area contributed by atoms with Gasteiger partial charge >= 0.3 is 5.97 Å². The van der Waals surface area contributed by atoms with Crippen LogP contribution in [0.15, 0.2) is 23.1 Å². The van der Waals surface area contributed by atoms with Gasteiger partial charge in [0.15, 0.2) is 0 Å². The smallest absolute Gasteiger partial charge is 0.339 e. The first-order valence-electron chi connectivity index (χ1n) is 6.39. The van der Waals surface area contributed by atoms with E-state index in [0.717, 1.165) is 31.7 Å². The Kier molecular flexibility index (Phi) is 4.92. The molecule has 1 unspecified atom stereocenters. The number of hydrogen-bond acceptors (Lipinski definition) is 5. The molecule has 1 fully saturated rings. The molecule has 6 nitrogen and oxygen atoms in total. The molecule has 0 radical (unpaired) electrons. The van der Waals surface area contributed by atoms with E-state index in [0.29, 0.717) is 13.2 Å². The average Bonchev–Trinajstić information content (AvgIpc) is 2.98. The van der Waals surface area contributed by atoms with Gasteiger partial charge in [-0.1, -0.05) is 0 Å². The van der Waals surface area contributed by atoms with Gasteiger partial charge in [-0.3, -0.25) is 0 Å². The van der Waals surface area contributed by atoms with Crippen molar-refractivity contribution in [3.05, 3.63) is 29.6 Å². The second-order valence-electron chi connectivity index (χ2n) is 4.71. The van der Waals surface area contributed by atoms with Crippen molar-refractivity contribution in [2.75, 3.05) is 26.9 Å². The molecule has 21 heavy (non-hydrogen) atoms. The van der Waals surface area contributed by atoms with Crippen LogP contribution in [0.1, 0.15) is 16.8 Å². The number of sulfonamides is 1. The molecule has 1 aliphatic heterocycles. The third-order valence-electron chi connectivity index (χ3n) is 3.22. The fourth-order valence-corrected chi connectivity index (χ4v) is 3.37. The highest BCUT2D eigenvalue weighted by atomic mass is 32.2. The lowest BCUT2D eigenvalue weighted by Gasteiger charge is -2.12. The fourth-order valence-electron chi connectivity index (χ4n) is 2.05. The zero-order valence-electron chi connectivity index (χ0n) is 11.5. The molecule has 1 aromatic carbocycles. The van der Waals surface area contributed by atoms with Crippen molar-refractivity contribution in [2.45, 2.75) is 11.3 Å². The highest BCUT2D eigenvalue weighted by Crippen LogP contribution is 2.19. The lowest BCUT2D eigenvalue weighted by molar-refractivity contribution is 0.0596. The number of methoxy groups -OCH3 is 1. The summed E-state index contributed by atoms with van der Waals surface area (Å²) in [5.41, 5.74) is -0.200. The molecule has 0 amide bonds. The van der Waals surface area contributed by atoms with E-state index in [4.69, 9.17) is 4.74 Å². The number of carbonyl (C=O) groups is 1. The lowest BCUT2D eigenvalue weighted by atomic mass is 10.1. The van der Waals surface area contributed by atoms with E-state index in [9.17, 15) is 17.6 Å². The summed E-state index contributed by atoms with van der Waals surface area (Å²) < 4.78 is 49.9. The molecule has 2 rings (SSSR count). The van der Waals surface area contributed by atoms with Gasteiger partial charge in [-0.2, -0.15) is 0 Å². The topological polar surface area (TPSA) is 81.7 Å². The number of benzene rings is 1. The Bertz CT molecular complexity index is 625. The van der Waals surface area contributed by atoms with Gasteiger partial charge in [-0.15, -0.1) is 0 Å². The molecule has 0 bridgehead atoms. The Morgan fingerprint density at radius 2 is 2.29 bits per heavy atom. The van der Waals surface area contributed by atoms with E-state index in [1.165, 1.54) is 0 Å². The van der Waals surface area contributed by atoms with E-state index in [1.54, 1.807) is 0 Å². The lowest BCUT2D eigenvalue weighted by Crippen LogP contribution is -2.31. The van der Waals surface area contributed by atoms with Crippen LogP contribution in [-0.2, 0) is 19.5 Å². The second-order valence-corrected chi connectivity index (χ2v) is 6.45. The Hall–Kier alpha value is -1.51. The van der Waals surface area contributed by atoms with Crippen molar-refractivity contribution < 1.29 is 27.1 Å². The molecule has 1 aliphatic rings. The number of nitrogens with one attached hydrogen (secondary N) is 1. The summed E-state index contributed by atoms with van der Waals surface area (Å²) in [6.45, 7) is 1.26. The molecule has 0 spiro atoms. The maximum Gasteiger partial charge on any atom is 0.339 e. The van der Waals surface area contributed by atoms with Gasteiger partial charge in [0.05, 0.1) is 24.2 Å².